The molecule has 0 fully saturated rings. The Balaban J connectivity index is 2.26. The Bertz CT molecular complexity index is 412. The number of nitrogens with two attached hydrogens (primary N) is 1. The molecule has 5 nitrogen and oxygen atoms in total. The maximum atomic E-state index is 11.7. The third-order valence-electron chi connectivity index (χ3n) is 2.31. The third kappa shape index (κ3) is 5.92. The van der Waals surface area contributed by atoms with Crippen LogP contribution in [0, 0.1) is 0 Å². The molecule has 0 saturated carbocycles. The Morgan fingerprint density at radius 2 is 2.05 bits per heavy atom. The predicted octanol–water partition coefficient (Wildman–Crippen LogP) is 2.13. The summed E-state index contributed by atoms with van der Waals surface area (Å²) < 4.78 is 15.2. The van der Waals surface area contributed by atoms with Crippen LogP contribution < -0.4 is 5.73 Å². The monoisotopic (exact) mass is 287 g/mol. The van der Waals surface area contributed by atoms with Gasteiger partial charge in [0, 0.05) is 26.0 Å². The van der Waals surface area contributed by atoms with Gasteiger partial charge in [0.25, 0.3) is 0 Å². The highest BCUT2D eigenvalue weighted by atomic mass is 35.5. The summed E-state index contributed by atoms with van der Waals surface area (Å²) in [6.45, 7) is 1.75. The van der Waals surface area contributed by atoms with Crippen LogP contribution in [0.2, 0.25) is 5.02 Å². The fourth-order valence-electron chi connectivity index (χ4n) is 1.38. The summed E-state index contributed by atoms with van der Waals surface area (Å²) in [5.41, 5.74) is 6.32. The van der Waals surface area contributed by atoms with Gasteiger partial charge >= 0.3 is 5.97 Å². The number of rotatable bonds is 8. The van der Waals surface area contributed by atoms with E-state index in [0.717, 1.165) is 6.42 Å². The summed E-state index contributed by atoms with van der Waals surface area (Å²) in [5, 5.41) is 0.320. The number of carbonyl (C=O) groups is 1. The van der Waals surface area contributed by atoms with E-state index in [1.165, 1.54) is 6.07 Å². The number of benzene rings is 1. The van der Waals surface area contributed by atoms with E-state index in [-0.39, 0.29) is 12.2 Å². The van der Waals surface area contributed by atoms with Crippen molar-refractivity contribution in [3.05, 3.63) is 28.8 Å². The van der Waals surface area contributed by atoms with Crippen molar-refractivity contribution in [2.24, 2.45) is 0 Å². The minimum absolute atomic E-state index is 0.178. The predicted molar refractivity (Wildman–Crippen MR) is 73.5 cm³/mol. The van der Waals surface area contributed by atoms with Crippen molar-refractivity contribution < 1.29 is 19.0 Å². The zero-order valence-electron chi connectivity index (χ0n) is 10.9. The second-order valence-electron chi connectivity index (χ2n) is 3.83. The molecule has 0 aromatic heterocycles. The topological polar surface area (TPSA) is 70.8 Å². The largest absolute Gasteiger partial charge is 0.460 e. The molecule has 1 aromatic carbocycles. The van der Waals surface area contributed by atoms with Crippen LogP contribution in [0.3, 0.4) is 0 Å². The van der Waals surface area contributed by atoms with Crippen LogP contribution in [0.15, 0.2) is 18.2 Å². The van der Waals surface area contributed by atoms with Gasteiger partial charge < -0.3 is 19.9 Å². The molecule has 0 aliphatic heterocycles. The Hall–Kier alpha value is -1.30. The summed E-state index contributed by atoms with van der Waals surface area (Å²) >= 11 is 5.89. The number of esters is 1. The second kappa shape index (κ2) is 8.74. The molecule has 0 aliphatic rings. The fourth-order valence-corrected chi connectivity index (χ4v) is 1.57. The highest BCUT2D eigenvalue weighted by Gasteiger charge is 2.11. The lowest BCUT2D eigenvalue weighted by atomic mass is 10.2. The van der Waals surface area contributed by atoms with Gasteiger partial charge in [-0.25, -0.2) is 4.79 Å². The average molecular weight is 288 g/mol. The molecule has 0 radical (unpaired) electrons. The van der Waals surface area contributed by atoms with Crippen LogP contribution in [0.5, 0.6) is 0 Å². The van der Waals surface area contributed by atoms with Crippen molar-refractivity contribution in [3.63, 3.8) is 0 Å². The summed E-state index contributed by atoms with van der Waals surface area (Å²) in [6.07, 6.45) is 0.811. The van der Waals surface area contributed by atoms with E-state index in [0.29, 0.717) is 30.5 Å². The van der Waals surface area contributed by atoms with Crippen LogP contribution in [-0.4, -0.2) is 39.5 Å². The van der Waals surface area contributed by atoms with Gasteiger partial charge in [-0.1, -0.05) is 11.6 Å². The lowest BCUT2D eigenvalue weighted by Gasteiger charge is -2.07. The molecule has 0 spiro atoms. The Kier molecular flexibility index (Phi) is 7.25. The van der Waals surface area contributed by atoms with Gasteiger partial charge in [-0.3, -0.25) is 0 Å². The number of ether oxygens (including phenoxy) is 3. The van der Waals surface area contributed by atoms with E-state index in [2.05, 4.69) is 0 Å². The van der Waals surface area contributed by atoms with Crippen LogP contribution in [-0.2, 0) is 14.2 Å². The maximum Gasteiger partial charge on any atom is 0.339 e. The molecule has 1 aromatic rings. The van der Waals surface area contributed by atoms with Crippen LogP contribution in [0.4, 0.5) is 5.69 Å². The Morgan fingerprint density at radius 3 is 2.79 bits per heavy atom. The smallest absolute Gasteiger partial charge is 0.339 e. The number of halogens is 1. The summed E-state index contributed by atoms with van der Waals surface area (Å²) in [6, 6.07) is 4.68. The first-order valence-corrected chi connectivity index (χ1v) is 6.31. The minimum atomic E-state index is -0.502. The van der Waals surface area contributed by atoms with Crippen molar-refractivity contribution in [3.8, 4) is 0 Å². The van der Waals surface area contributed by atoms with E-state index in [9.17, 15) is 4.79 Å². The molecule has 0 amide bonds. The van der Waals surface area contributed by atoms with E-state index in [4.69, 9.17) is 31.5 Å². The first kappa shape index (κ1) is 15.8. The van der Waals surface area contributed by atoms with E-state index in [1.54, 1.807) is 19.2 Å². The number of methoxy groups -OCH3 is 1. The molecule has 0 saturated heterocycles. The Morgan fingerprint density at radius 1 is 1.26 bits per heavy atom. The van der Waals surface area contributed by atoms with Gasteiger partial charge in [0.2, 0.25) is 0 Å². The van der Waals surface area contributed by atoms with Crippen molar-refractivity contribution in [1.29, 1.82) is 0 Å². The van der Waals surface area contributed by atoms with Crippen molar-refractivity contribution in [2.45, 2.75) is 6.42 Å². The molecule has 0 bridgehead atoms. The van der Waals surface area contributed by atoms with Crippen molar-refractivity contribution in [1.82, 2.24) is 0 Å². The fraction of sp³-hybridized carbons (Fsp3) is 0.462. The van der Waals surface area contributed by atoms with Crippen molar-refractivity contribution >= 4 is 23.3 Å². The van der Waals surface area contributed by atoms with Gasteiger partial charge in [0.05, 0.1) is 17.2 Å². The highest BCUT2D eigenvalue weighted by Crippen LogP contribution is 2.19. The quantitative estimate of drug-likeness (QED) is 0.450. The van der Waals surface area contributed by atoms with Crippen LogP contribution in [0.1, 0.15) is 16.8 Å². The molecular formula is C13H18ClNO4. The molecule has 0 heterocycles. The first-order valence-electron chi connectivity index (χ1n) is 5.94. The zero-order valence-corrected chi connectivity index (χ0v) is 11.6. The molecule has 19 heavy (non-hydrogen) atoms. The molecule has 0 aliphatic carbocycles. The molecule has 2 N–H and O–H groups in total. The molecule has 106 valence electrons. The minimum Gasteiger partial charge on any atom is -0.460 e. The standard InChI is InChI=1S/C13H18ClNO4/c1-17-5-2-6-18-7-8-19-13(16)11-9-10(15)3-4-12(11)14/h3-4,9H,2,5-8,15H2,1H3. The molecule has 0 unspecified atom stereocenters. The van der Waals surface area contributed by atoms with Gasteiger partial charge in [-0.15, -0.1) is 0 Å². The summed E-state index contributed by atoms with van der Waals surface area (Å²) in [5.74, 6) is -0.502. The van der Waals surface area contributed by atoms with Crippen LogP contribution in [0.25, 0.3) is 0 Å². The van der Waals surface area contributed by atoms with Gasteiger partial charge in [-0.05, 0) is 24.6 Å². The number of nitrogen functional groups attached to an aromatic ring is 1. The summed E-state index contributed by atoms with van der Waals surface area (Å²) in [4.78, 5) is 11.7. The number of hydrogen-bond donors (Lipinski definition) is 1. The van der Waals surface area contributed by atoms with Gasteiger partial charge in [0.15, 0.2) is 0 Å². The second-order valence-corrected chi connectivity index (χ2v) is 4.24. The Labute approximate surface area is 117 Å². The van der Waals surface area contributed by atoms with E-state index >= 15 is 0 Å². The SMILES string of the molecule is COCCCOCCOC(=O)c1cc(N)ccc1Cl. The van der Waals surface area contributed by atoms with Crippen molar-refractivity contribution in [2.75, 3.05) is 39.3 Å². The lowest BCUT2D eigenvalue weighted by Crippen LogP contribution is -2.12. The van der Waals surface area contributed by atoms with Gasteiger partial charge in [0.1, 0.15) is 6.61 Å². The summed E-state index contributed by atoms with van der Waals surface area (Å²) in [7, 11) is 1.64. The number of hydrogen-bond acceptors (Lipinski definition) is 5. The third-order valence-corrected chi connectivity index (χ3v) is 2.64. The lowest BCUT2D eigenvalue weighted by molar-refractivity contribution is 0.0288. The van der Waals surface area contributed by atoms with Crippen LogP contribution >= 0.6 is 11.6 Å². The normalized spacial score (nSPS) is 10.4. The van der Waals surface area contributed by atoms with E-state index in [1.807, 2.05) is 0 Å². The molecule has 0 atom stereocenters. The first-order chi connectivity index (χ1) is 9.15. The zero-order chi connectivity index (χ0) is 14.1. The van der Waals surface area contributed by atoms with E-state index < -0.39 is 5.97 Å². The maximum absolute atomic E-state index is 11.7. The molecular weight excluding hydrogens is 270 g/mol. The van der Waals surface area contributed by atoms with Gasteiger partial charge in [-0.2, -0.15) is 0 Å². The number of anilines is 1. The average Bonchev–Trinajstić information content (AvgIpc) is 2.40. The molecule has 1 rings (SSSR count). The molecule has 6 heteroatoms. The highest BCUT2D eigenvalue weighted by molar-refractivity contribution is 6.33. The number of carbonyl (C=O) groups excluding carboxylic acids is 1.